The first-order valence-electron chi connectivity index (χ1n) is 8.22. The number of hydrogen-bond acceptors (Lipinski definition) is 4. The van der Waals surface area contributed by atoms with Crippen LogP contribution >= 0.6 is 0 Å². The molecule has 0 saturated carbocycles. The minimum Gasteiger partial charge on any atom is -0.496 e. The predicted molar refractivity (Wildman–Crippen MR) is 92.0 cm³/mol. The molecule has 0 aliphatic carbocycles. The monoisotopic (exact) mass is 328 g/mol. The zero-order chi connectivity index (χ0) is 17.1. The highest BCUT2D eigenvalue weighted by Crippen LogP contribution is 2.35. The van der Waals surface area contributed by atoms with E-state index in [9.17, 15) is 4.79 Å². The Balaban J connectivity index is 1.84. The number of carbonyl (C=O) groups excluding carboxylic acids is 1. The SMILES string of the molecule is COc1ccccc1CN1CCC[C@@H]1c1[nH]ncc1C(=O)N(C)C. The van der Waals surface area contributed by atoms with E-state index in [-0.39, 0.29) is 11.9 Å². The molecule has 0 radical (unpaired) electrons. The van der Waals surface area contributed by atoms with Crippen LogP contribution in [0.3, 0.4) is 0 Å². The number of aromatic amines is 1. The maximum absolute atomic E-state index is 12.4. The lowest BCUT2D eigenvalue weighted by atomic mass is 10.1. The highest BCUT2D eigenvalue weighted by atomic mass is 16.5. The van der Waals surface area contributed by atoms with E-state index < -0.39 is 0 Å². The number of nitrogens with one attached hydrogen (secondary N) is 1. The number of carbonyl (C=O) groups is 1. The number of rotatable bonds is 5. The number of amides is 1. The van der Waals surface area contributed by atoms with E-state index in [0.29, 0.717) is 5.56 Å². The van der Waals surface area contributed by atoms with Crippen molar-refractivity contribution in [3.63, 3.8) is 0 Å². The molecule has 0 bridgehead atoms. The molecule has 1 aromatic heterocycles. The third kappa shape index (κ3) is 3.14. The molecule has 6 nitrogen and oxygen atoms in total. The number of ether oxygens (including phenoxy) is 1. The van der Waals surface area contributed by atoms with Gasteiger partial charge in [-0.05, 0) is 25.5 Å². The lowest BCUT2D eigenvalue weighted by molar-refractivity contribution is 0.0824. The lowest BCUT2D eigenvalue weighted by Crippen LogP contribution is -2.27. The molecular weight excluding hydrogens is 304 g/mol. The van der Waals surface area contributed by atoms with Crippen molar-refractivity contribution in [1.29, 1.82) is 0 Å². The molecule has 128 valence electrons. The summed E-state index contributed by atoms with van der Waals surface area (Å²) in [5.41, 5.74) is 2.74. The van der Waals surface area contributed by atoms with Crippen LogP contribution in [-0.4, -0.2) is 53.7 Å². The number of H-pyrrole nitrogens is 1. The Hall–Kier alpha value is -2.34. The average molecular weight is 328 g/mol. The van der Waals surface area contributed by atoms with Gasteiger partial charge in [-0.2, -0.15) is 5.10 Å². The van der Waals surface area contributed by atoms with Crippen LogP contribution < -0.4 is 4.74 Å². The smallest absolute Gasteiger partial charge is 0.256 e. The Morgan fingerprint density at radius 3 is 2.96 bits per heavy atom. The van der Waals surface area contributed by atoms with Gasteiger partial charge in [0, 0.05) is 26.2 Å². The quantitative estimate of drug-likeness (QED) is 0.916. The van der Waals surface area contributed by atoms with Crippen LogP contribution in [0.1, 0.15) is 40.5 Å². The van der Waals surface area contributed by atoms with E-state index in [1.54, 1.807) is 32.3 Å². The Morgan fingerprint density at radius 2 is 2.21 bits per heavy atom. The number of methoxy groups -OCH3 is 1. The van der Waals surface area contributed by atoms with Crippen molar-refractivity contribution < 1.29 is 9.53 Å². The fourth-order valence-corrected chi connectivity index (χ4v) is 3.36. The maximum atomic E-state index is 12.4. The molecule has 1 aliphatic rings. The van der Waals surface area contributed by atoms with Crippen molar-refractivity contribution in [2.75, 3.05) is 27.7 Å². The largest absolute Gasteiger partial charge is 0.496 e. The molecule has 2 heterocycles. The highest BCUT2D eigenvalue weighted by molar-refractivity contribution is 5.94. The molecule has 1 saturated heterocycles. The van der Waals surface area contributed by atoms with E-state index >= 15 is 0 Å². The number of benzene rings is 1. The second-order valence-electron chi connectivity index (χ2n) is 6.34. The molecule has 3 rings (SSSR count). The van der Waals surface area contributed by atoms with Crippen molar-refractivity contribution in [3.05, 3.63) is 47.3 Å². The van der Waals surface area contributed by atoms with Crippen LogP contribution in [0.15, 0.2) is 30.5 Å². The second kappa shape index (κ2) is 7.05. The summed E-state index contributed by atoms with van der Waals surface area (Å²) in [7, 11) is 5.23. The first-order chi connectivity index (χ1) is 11.6. The van der Waals surface area contributed by atoms with Gasteiger partial charge in [0.25, 0.3) is 5.91 Å². The predicted octanol–water partition coefficient (Wildman–Crippen LogP) is 2.46. The van der Waals surface area contributed by atoms with Gasteiger partial charge >= 0.3 is 0 Å². The maximum Gasteiger partial charge on any atom is 0.256 e. The molecule has 0 spiro atoms. The summed E-state index contributed by atoms with van der Waals surface area (Å²) in [5, 5.41) is 7.18. The van der Waals surface area contributed by atoms with Crippen LogP contribution in [-0.2, 0) is 6.54 Å². The zero-order valence-corrected chi connectivity index (χ0v) is 14.5. The lowest BCUT2D eigenvalue weighted by Gasteiger charge is -2.25. The Bertz CT molecular complexity index is 711. The molecular formula is C18H24N4O2. The van der Waals surface area contributed by atoms with Crippen molar-refractivity contribution >= 4 is 5.91 Å². The molecule has 2 aromatic rings. The molecule has 1 N–H and O–H groups in total. The highest BCUT2D eigenvalue weighted by Gasteiger charge is 2.31. The van der Waals surface area contributed by atoms with Crippen LogP contribution in [0.25, 0.3) is 0 Å². The van der Waals surface area contributed by atoms with Gasteiger partial charge in [0.15, 0.2) is 0 Å². The molecule has 1 fully saturated rings. The van der Waals surface area contributed by atoms with Gasteiger partial charge in [-0.3, -0.25) is 14.8 Å². The van der Waals surface area contributed by atoms with Gasteiger partial charge < -0.3 is 9.64 Å². The van der Waals surface area contributed by atoms with Crippen LogP contribution in [0.2, 0.25) is 0 Å². The third-order valence-corrected chi connectivity index (χ3v) is 4.57. The van der Waals surface area contributed by atoms with Crippen LogP contribution in [0, 0.1) is 0 Å². The van der Waals surface area contributed by atoms with Crippen molar-refractivity contribution in [2.45, 2.75) is 25.4 Å². The standard InChI is InChI=1S/C18H24N4O2/c1-21(2)18(23)14-11-19-20-17(14)15-8-6-10-22(15)12-13-7-4-5-9-16(13)24-3/h4-5,7,9,11,15H,6,8,10,12H2,1-3H3,(H,19,20)/t15-/m1/s1. The zero-order valence-electron chi connectivity index (χ0n) is 14.5. The summed E-state index contributed by atoms with van der Waals surface area (Å²) < 4.78 is 5.47. The molecule has 1 amide bonds. The molecule has 24 heavy (non-hydrogen) atoms. The molecule has 1 aliphatic heterocycles. The molecule has 6 heteroatoms. The average Bonchev–Trinajstić information content (AvgIpc) is 3.23. The van der Waals surface area contributed by atoms with Crippen molar-refractivity contribution in [1.82, 2.24) is 20.0 Å². The molecule has 1 atom stereocenters. The minimum absolute atomic E-state index is 0.0112. The Kier molecular flexibility index (Phi) is 4.85. The van der Waals surface area contributed by atoms with Crippen LogP contribution in [0.4, 0.5) is 0 Å². The van der Waals surface area contributed by atoms with Crippen molar-refractivity contribution in [2.24, 2.45) is 0 Å². The minimum atomic E-state index is -0.0112. The van der Waals surface area contributed by atoms with Crippen LogP contribution in [0.5, 0.6) is 5.75 Å². The van der Waals surface area contributed by atoms with E-state index in [1.165, 1.54) is 0 Å². The van der Waals surface area contributed by atoms with E-state index in [2.05, 4.69) is 21.2 Å². The van der Waals surface area contributed by atoms with E-state index in [1.807, 2.05) is 18.2 Å². The number of likely N-dealkylation sites (tertiary alicyclic amines) is 1. The van der Waals surface area contributed by atoms with Gasteiger partial charge in [-0.15, -0.1) is 0 Å². The van der Waals surface area contributed by atoms with Gasteiger partial charge in [-0.25, -0.2) is 0 Å². The molecule has 1 aromatic carbocycles. The fourth-order valence-electron chi connectivity index (χ4n) is 3.36. The summed E-state index contributed by atoms with van der Waals surface area (Å²) in [6, 6.07) is 8.26. The molecule has 0 unspecified atom stereocenters. The topological polar surface area (TPSA) is 61.5 Å². The third-order valence-electron chi connectivity index (χ3n) is 4.57. The Labute approximate surface area is 142 Å². The van der Waals surface area contributed by atoms with Gasteiger partial charge in [0.05, 0.1) is 30.6 Å². The summed E-state index contributed by atoms with van der Waals surface area (Å²) in [6.45, 7) is 1.79. The number of hydrogen-bond donors (Lipinski definition) is 1. The normalized spacial score (nSPS) is 17.9. The Morgan fingerprint density at radius 1 is 1.42 bits per heavy atom. The summed E-state index contributed by atoms with van der Waals surface area (Å²) in [5.74, 6) is 0.889. The van der Waals surface area contributed by atoms with E-state index in [0.717, 1.165) is 42.9 Å². The summed E-state index contributed by atoms with van der Waals surface area (Å²) in [4.78, 5) is 16.4. The summed E-state index contributed by atoms with van der Waals surface area (Å²) in [6.07, 6.45) is 3.76. The van der Waals surface area contributed by atoms with Crippen molar-refractivity contribution in [3.8, 4) is 5.75 Å². The number of para-hydroxylation sites is 1. The summed E-state index contributed by atoms with van der Waals surface area (Å²) >= 11 is 0. The first-order valence-corrected chi connectivity index (χ1v) is 8.22. The van der Waals surface area contributed by atoms with Gasteiger partial charge in [-0.1, -0.05) is 18.2 Å². The van der Waals surface area contributed by atoms with Gasteiger partial charge in [0.2, 0.25) is 0 Å². The second-order valence-corrected chi connectivity index (χ2v) is 6.34. The number of nitrogens with zero attached hydrogens (tertiary/aromatic N) is 3. The fraction of sp³-hybridized carbons (Fsp3) is 0.444. The number of aromatic nitrogens is 2. The van der Waals surface area contributed by atoms with Gasteiger partial charge in [0.1, 0.15) is 5.75 Å². The van der Waals surface area contributed by atoms with E-state index in [4.69, 9.17) is 4.74 Å². The first kappa shape index (κ1) is 16.5.